The van der Waals surface area contributed by atoms with Gasteiger partial charge in [-0.15, -0.1) is 0 Å². The summed E-state index contributed by atoms with van der Waals surface area (Å²) in [6, 6.07) is 7.32. The molecule has 2 rings (SSSR count). The van der Waals surface area contributed by atoms with E-state index in [1.165, 1.54) is 54.1 Å². The van der Waals surface area contributed by atoms with Crippen LogP contribution in [-0.2, 0) is 0 Å². The van der Waals surface area contributed by atoms with E-state index in [1.54, 1.807) is 0 Å². The molecule has 0 saturated heterocycles. The van der Waals surface area contributed by atoms with Crippen LogP contribution >= 0.6 is 15.9 Å². The maximum atomic E-state index is 3.86. The summed E-state index contributed by atoms with van der Waals surface area (Å²) in [6.45, 7) is 8.00. The van der Waals surface area contributed by atoms with E-state index in [2.05, 4.69) is 60.2 Å². The van der Waals surface area contributed by atoms with Crippen molar-refractivity contribution in [2.45, 2.75) is 65.3 Å². The van der Waals surface area contributed by atoms with Gasteiger partial charge in [-0.05, 0) is 61.4 Å². The van der Waals surface area contributed by atoms with Gasteiger partial charge in [0, 0.05) is 10.5 Å². The molecule has 3 unspecified atom stereocenters. The maximum Gasteiger partial charge on any atom is 0.0353 e. The summed E-state index contributed by atoms with van der Waals surface area (Å²) in [4.78, 5) is 0. The standard InChI is InChI=1S/C19H30BrN/c1-4-12-21-19(17-11-10-16(20)13-14(17)3)18-9-7-6-8-15(18)5-2/h10-11,13,15,18-19,21H,4-9,12H2,1-3H3. The first-order chi connectivity index (χ1) is 10.2. The Morgan fingerprint density at radius 3 is 2.67 bits per heavy atom. The van der Waals surface area contributed by atoms with Gasteiger partial charge in [0.05, 0.1) is 0 Å². The van der Waals surface area contributed by atoms with Crippen LogP contribution in [0.4, 0.5) is 0 Å². The lowest BCUT2D eigenvalue weighted by molar-refractivity contribution is 0.175. The van der Waals surface area contributed by atoms with Gasteiger partial charge in [0.1, 0.15) is 0 Å². The lowest BCUT2D eigenvalue weighted by Crippen LogP contribution is -2.35. The van der Waals surface area contributed by atoms with Gasteiger partial charge < -0.3 is 5.32 Å². The van der Waals surface area contributed by atoms with Gasteiger partial charge in [-0.1, -0.05) is 61.5 Å². The molecule has 0 spiro atoms. The number of nitrogens with one attached hydrogen (secondary N) is 1. The predicted molar refractivity (Wildman–Crippen MR) is 95.7 cm³/mol. The minimum Gasteiger partial charge on any atom is -0.310 e. The van der Waals surface area contributed by atoms with Crippen molar-refractivity contribution in [2.75, 3.05) is 6.54 Å². The predicted octanol–water partition coefficient (Wildman–Crippen LogP) is 6.01. The third-order valence-corrected chi connectivity index (χ3v) is 5.59. The van der Waals surface area contributed by atoms with E-state index in [-0.39, 0.29) is 0 Å². The van der Waals surface area contributed by atoms with E-state index in [4.69, 9.17) is 0 Å². The Morgan fingerprint density at radius 1 is 1.24 bits per heavy atom. The van der Waals surface area contributed by atoms with E-state index in [0.29, 0.717) is 6.04 Å². The Kier molecular flexibility index (Phi) is 6.75. The fourth-order valence-electron chi connectivity index (χ4n) is 3.96. The van der Waals surface area contributed by atoms with E-state index in [1.807, 2.05) is 0 Å². The highest BCUT2D eigenvalue weighted by molar-refractivity contribution is 9.10. The van der Waals surface area contributed by atoms with Crippen molar-refractivity contribution in [1.82, 2.24) is 5.32 Å². The zero-order chi connectivity index (χ0) is 15.2. The van der Waals surface area contributed by atoms with Crippen LogP contribution in [0.5, 0.6) is 0 Å². The van der Waals surface area contributed by atoms with E-state index >= 15 is 0 Å². The highest BCUT2D eigenvalue weighted by Crippen LogP contribution is 2.41. The Bertz CT molecular complexity index is 443. The molecule has 1 N–H and O–H groups in total. The first-order valence-corrected chi connectivity index (χ1v) is 9.46. The molecule has 1 nitrogen and oxygen atoms in total. The molecule has 0 amide bonds. The van der Waals surface area contributed by atoms with E-state index in [9.17, 15) is 0 Å². The second-order valence-electron chi connectivity index (χ2n) is 6.55. The molecule has 0 aromatic heterocycles. The minimum atomic E-state index is 0.531. The third kappa shape index (κ3) is 4.32. The fourth-order valence-corrected chi connectivity index (χ4v) is 4.44. The molecule has 1 aliphatic carbocycles. The first-order valence-electron chi connectivity index (χ1n) is 8.66. The molecule has 3 atom stereocenters. The van der Waals surface area contributed by atoms with Gasteiger partial charge >= 0.3 is 0 Å². The largest absolute Gasteiger partial charge is 0.310 e. The second kappa shape index (κ2) is 8.33. The topological polar surface area (TPSA) is 12.0 Å². The van der Waals surface area contributed by atoms with Gasteiger partial charge in [-0.3, -0.25) is 0 Å². The fraction of sp³-hybridized carbons (Fsp3) is 0.684. The number of hydrogen-bond donors (Lipinski definition) is 1. The SMILES string of the molecule is CCCNC(c1ccc(Br)cc1C)C1CCCCC1CC. The van der Waals surface area contributed by atoms with Gasteiger partial charge in [0.15, 0.2) is 0 Å². The van der Waals surface area contributed by atoms with Crippen molar-refractivity contribution in [3.05, 3.63) is 33.8 Å². The normalized spacial score (nSPS) is 24.0. The number of hydrogen-bond acceptors (Lipinski definition) is 1. The quantitative estimate of drug-likeness (QED) is 0.661. The molecule has 1 aromatic rings. The molecule has 2 heteroatoms. The average Bonchev–Trinajstić information content (AvgIpc) is 2.49. The zero-order valence-electron chi connectivity index (χ0n) is 13.8. The summed E-state index contributed by atoms with van der Waals surface area (Å²) in [5, 5.41) is 3.86. The number of aryl methyl sites for hydroxylation is 1. The van der Waals surface area contributed by atoms with Crippen LogP contribution in [0.25, 0.3) is 0 Å². The zero-order valence-corrected chi connectivity index (χ0v) is 15.4. The van der Waals surface area contributed by atoms with Crippen LogP contribution in [0, 0.1) is 18.8 Å². The second-order valence-corrected chi connectivity index (χ2v) is 7.47. The Hall–Kier alpha value is -0.340. The van der Waals surface area contributed by atoms with Gasteiger partial charge in [-0.25, -0.2) is 0 Å². The Morgan fingerprint density at radius 2 is 2.00 bits per heavy atom. The van der Waals surface area contributed by atoms with Crippen LogP contribution in [0.15, 0.2) is 22.7 Å². The highest BCUT2D eigenvalue weighted by atomic mass is 79.9. The molecular weight excluding hydrogens is 322 g/mol. The molecule has 1 aliphatic rings. The van der Waals surface area contributed by atoms with Crippen molar-refractivity contribution in [2.24, 2.45) is 11.8 Å². The lowest BCUT2D eigenvalue weighted by atomic mass is 9.72. The minimum absolute atomic E-state index is 0.531. The molecular formula is C19H30BrN. The van der Waals surface area contributed by atoms with Gasteiger partial charge in [0.25, 0.3) is 0 Å². The van der Waals surface area contributed by atoms with Gasteiger partial charge in [0.2, 0.25) is 0 Å². The first kappa shape index (κ1) is 17.0. The summed E-state index contributed by atoms with van der Waals surface area (Å²) >= 11 is 3.60. The molecule has 0 heterocycles. The maximum absolute atomic E-state index is 3.86. The molecule has 1 fully saturated rings. The Balaban J connectivity index is 2.27. The summed E-state index contributed by atoms with van der Waals surface area (Å²) in [6.07, 6.45) is 8.16. The monoisotopic (exact) mass is 351 g/mol. The van der Waals surface area contributed by atoms with Crippen molar-refractivity contribution in [1.29, 1.82) is 0 Å². The van der Waals surface area contributed by atoms with Gasteiger partial charge in [-0.2, -0.15) is 0 Å². The smallest absolute Gasteiger partial charge is 0.0353 e. The van der Waals surface area contributed by atoms with Crippen LogP contribution < -0.4 is 5.32 Å². The third-order valence-electron chi connectivity index (χ3n) is 5.10. The van der Waals surface area contributed by atoms with E-state index < -0.39 is 0 Å². The molecule has 118 valence electrons. The Labute approximate surface area is 139 Å². The average molecular weight is 352 g/mol. The summed E-state index contributed by atoms with van der Waals surface area (Å²) in [7, 11) is 0. The van der Waals surface area contributed by atoms with Crippen LogP contribution in [0.2, 0.25) is 0 Å². The van der Waals surface area contributed by atoms with E-state index in [0.717, 1.165) is 18.4 Å². The van der Waals surface area contributed by atoms with Crippen LogP contribution in [-0.4, -0.2) is 6.54 Å². The molecule has 0 bridgehead atoms. The number of halogens is 1. The van der Waals surface area contributed by atoms with Crippen molar-refractivity contribution in [3.8, 4) is 0 Å². The van der Waals surface area contributed by atoms with Crippen molar-refractivity contribution >= 4 is 15.9 Å². The molecule has 0 aliphatic heterocycles. The summed E-state index contributed by atoms with van der Waals surface area (Å²) in [5.74, 6) is 1.69. The molecule has 1 saturated carbocycles. The number of benzene rings is 1. The van der Waals surface area contributed by atoms with Crippen molar-refractivity contribution in [3.63, 3.8) is 0 Å². The lowest BCUT2D eigenvalue weighted by Gasteiger charge is -2.38. The highest BCUT2D eigenvalue weighted by Gasteiger charge is 2.32. The van der Waals surface area contributed by atoms with Crippen LogP contribution in [0.1, 0.15) is 69.5 Å². The van der Waals surface area contributed by atoms with Crippen molar-refractivity contribution < 1.29 is 0 Å². The molecule has 1 aromatic carbocycles. The number of rotatable bonds is 6. The van der Waals surface area contributed by atoms with Crippen LogP contribution in [0.3, 0.4) is 0 Å². The summed E-state index contributed by atoms with van der Waals surface area (Å²) < 4.78 is 1.19. The summed E-state index contributed by atoms with van der Waals surface area (Å²) in [5.41, 5.74) is 2.93. The molecule has 0 radical (unpaired) electrons. The molecule has 21 heavy (non-hydrogen) atoms.